The third-order valence-electron chi connectivity index (χ3n) is 9.19. The van der Waals surface area contributed by atoms with E-state index in [1.165, 1.54) is 11.6 Å². The molecule has 3 unspecified atom stereocenters. The molecule has 10 heteroatoms. The normalized spacial score (nSPS) is 25.3. The van der Waals surface area contributed by atoms with Crippen molar-refractivity contribution in [3.05, 3.63) is 83.4 Å². The number of carbonyl (C=O) groups excluding carboxylic acids is 1. The summed E-state index contributed by atoms with van der Waals surface area (Å²) in [6.07, 6.45) is 5.72. The van der Waals surface area contributed by atoms with E-state index < -0.39 is 5.97 Å². The number of carboxylic acid groups (broad SMARTS) is 1. The molecule has 2 bridgehead atoms. The minimum atomic E-state index is -1.05. The number of carboxylic acids is 1. The van der Waals surface area contributed by atoms with Crippen molar-refractivity contribution in [2.75, 3.05) is 22.9 Å². The molecule has 3 fully saturated rings. The zero-order valence-corrected chi connectivity index (χ0v) is 23.2. The third kappa shape index (κ3) is 4.38. The standard InChI is InChI=1S/C31H33N7O3/c1-19-15-22(36-14-13-31(2,18-36)20-7-4-3-5-8-20)17-37-28(19)34-27(35-37)29(39)33-24-16-21-11-12-25(24)38(21)26-10-6-9-23(32-26)30(40)41/h3-10,15,17,21,24-25H,11-14,16,18H2,1-2H3,(H,33,39)(H,40,41)/t21?,24?,25?,31-/m0/s1. The summed E-state index contributed by atoms with van der Waals surface area (Å²) in [5.74, 6) is -0.540. The van der Waals surface area contributed by atoms with Gasteiger partial charge in [0, 0.05) is 24.5 Å². The Kier molecular flexibility index (Phi) is 5.95. The van der Waals surface area contributed by atoms with Gasteiger partial charge in [-0.05, 0) is 61.9 Å². The predicted molar refractivity (Wildman–Crippen MR) is 155 cm³/mol. The lowest BCUT2D eigenvalue weighted by Gasteiger charge is -2.26. The molecule has 0 radical (unpaired) electrons. The summed E-state index contributed by atoms with van der Waals surface area (Å²) >= 11 is 0. The van der Waals surface area contributed by atoms with Crippen LogP contribution in [0.5, 0.6) is 0 Å². The quantitative estimate of drug-likeness (QED) is 0.371. The monoisotopic (exact) mass is 551 g/mol. The van der Waals surface area contributed by atoms with Gasteiger partial charge in [0.1, 0.15) is 5.82 Å². The van der Waals surface area contributed by atoms with E-state index in [-0.39, 0.29) is 41.0 Å². The van der Waals surface area contributed by atoms with Crippen molar-refractivity contribution in [3.8, 4) is 0 Å². The molecular weight excluding hydrogens is 518 g/mol. The van der Waals surface area contributed by atoms with Crippen molar-refractivity contribution in [1.82, 2.24) is 24.9 Å². The first-order valence-corrected chi connectivity index (χ1v) is 14.3. The molecule has 4 aromatic rings. The summed E-state index contributed by atoms with van der Waals surface area (Å²) in [6.45, 7) is 6.19. The Labute approximate surface area is 238 Å². The molecule has 10 nitrogen and oxygen atoms in total. The molecule has 1 amide bonds. The molecule has 0 aliphatic carbocycles. The predicted octanol–water partition coefficient (Wildman–Crippen LogP) is 3.84. The van der Waals surface area contributed by atoms with Crippen molar-refractivity contribution in [2.24, 2.45) is 0 Å². The fourth-order valence-corrected chi connectivity index (χ4v) is 7.08. The SMILES string of the molecule is Cc1cc(N2CC[C@](C)(c3ccccc3)C2)cn2nc(C(=O)NC3CC4CCC3N4c3cccc(C(=O)O)n3)nc12. The van der Waals surface area contributed by atoms with Gasteiger partial charge in [-0.2, -0.15) is 0 Å². The van der Waals surface area contributed by atoms with E-state index in [0.29, 0.717) is 11.5 Å². The number of amides is 1. The second-order valence-electron chi connectivity index (χ2n) is 11.9. The number of aromatic nitrogens is 4. The van der Waals surface area contributed by atoms with Crippen LogP contribution in [0.1, 0.15) is 64.8 Å². The Morgan fingerprint density at radius 1 is 1.07 bits per heavy atom. The zero-order valence-electron chi connectivity index (χ0n) is 23.2. The number of benzene rings is 1. The van der Waals surface area contributed by atoms with Gasteiger partial charge in [0.15, 0.2) is 11.3 Å². The van der Waals surface area contributed by atoms with E-state index in [1.54, 1.807) is 10.6 Å². The number of pyridine rings is 2. The smallest absolute Gasteiger partial charge is 0.354 e. The largest absolute Gasteiger partial charge is 0.477 e. The third-order valence-corrected chi connectivity index (χ3v) is 9.19. The van der Waals surface area contributed by atoms with E-state index in [9.17, 15) is 14.7 Å². The molecule has 7 rings (SSSR count). The first kappa shape index (κ1) is 25.5. The van der Waals surface area contributed by atoms with Crippen LogP contribution in [0, 0.1) is 6.92 Å². The minimum Gasteiger partial charge on any atom is -0.477 e. The average molecular weight is 552 g/mol. The van der Waals surface area contributed by atoms with E-state index in [2.05, 4.69) is 73.5 Å². The molecule has 6 heterocycles. The van der Waals surface area contributed by atoms with E-state index in [0.717, 1.165) is 50.0 Å². The number of fused-ring (bicyclic) bond motifs is 3. The molecule has 3 aliphatic rings. The maximum atomic E-state index is 13.4. The van der Waals surface area contributed by atoms with Gasteiger partial charge in [-0.15, -0.1) is 5.10 Å². The number of anilines is 2. The molecular formula is C31H33N7O3. The summed E-state index contributed by atoms with van der Waals surface area (Å²) in [4.78, 5) is 38.3. The number of carbonyl (C=O) groups is 2. The molecule has 210 valence electrons. The highest BCUT2D eigenvalue weighted by atomic mass is 16.4. The first-order valence-electron chi connectivity index (χ1n) is 14.3. The zero-order chi connectivity index (χ0) is 28.3. The lowest BCUT2D eigenvalue weighted by molar-refractivity contribution is 0.0690. The van der Waals surface area contributed by atoms with Crippen molar-refractivity contribution in [1.29, 1.82) is 0 Å². The summed E-state index contributed by atoms with van der Waals surface area (Å²) in [5.41, 5.74) is 4.18. The maximum Gasteiger partial charge on any atom is 0.354 e. The van der Waals surface area contributed by atoms with Gasteiger partial charge < -0.3 is 20.2 Å². The van der Waals surface area contributed by atoms with Crippen molar-refractivity contribution >= 4 is 29.0 Å². The fourth-order valence-electron chi connectivity index (χ4n) is 7.08. The maximum absolute atomic E-state index is 13.4. The lowest BCUT2D eigenvalue weighted by atomic mass is 9.82. The lowest BCUT2D eigenvalue weighted by Crippen LogP contribution is -2.44. The Morgan fingerprint density at radius 3 is 2.71 bits per heavy atom. The summed E-state index contributed by atoms with van der Waals surface area (Å²) < 4.78 is 1.73. The molecule has 1 aromatic carbocycles. The van der Waals surface area contributed by atoms with Gasteiger partial charge in [0.05, 0.1) is 24.0 Å². The van der Waals surface area contributed by atoms with E-state index in [1.807, 2.05) is 19.2 Å². The van der Waals surface area contributed by atoms with E-state index >= 15 is 0 Å². The fraction of sp³-hybridized carbons (Fsp3) is 0.387. The second-order valence-corrected chi connectivity index (χ2v) is 11.9. The van der Waals surface area contributed by atoms with Crippen LogP contribution in [0.4, 0.5) is 11.5 Å². The average Bonchev–Trinajstić information content (AvgIpc) is 3.76. The highest BCUT2D eigenvalue weighted by Crippen LogP contribution is 2.41. The number of hydrogen-bond donors (Lipinski definition) is 2. The summed E-state index contributed by atoms with van der Waals surface area (Å²) in [7, 11) is 0. The van der Waals surface area contributed by atoms with Crippen molar-refractivity contribution in [2.45, 2.75) is 63.1 Å². The number of aryl methyl sites for hydroxylation is 1. The molecule has 41 heavy (non-hydrogen) atoms. The Bertz CT molecular complexity index is 1650. The van der Waals surface area contributed by atoms with Gasteiger partial charge in [0.2, 0.25) is 5.82 Å². The topological polar surface area (TPSA) is 116 Å². The molecule has 2 N–H and O–H groups in total. The number of nitrogens with zero attached hydrogens (tertiary/aromatic N) is 6. The van der Waals surface area contributed by atoms with Gasteiger partial charge in [-0.25, -0.2) is 19.3 Å². The number of hydrogen-bond acceptors (Lipinski definition) is 7. The van der Waals surface area contributed by atoms with Crippen LogP contribution in [0.3, 0.4) is 0 Å². The number of aromatic carboxylic acids is 1. The highest BCUT2D eigenvalue weighted by Gasteiger charge is 2.47. The van der Waals surface area contributed by atoms with Crippen molar-refractivity contribution in [3.63, 3.8) is 0 Å². The molecule has 3 aliphatic heterocycles. The van der Waals surface area contributed by atoms with Crippen LogP contribution in [0.25, 0.3) is 5.65 Å². The Morgan fingerprint density at radius 2 is 1.90 bits per heavy atom. The molecule has 3 aromatic heterocycles. The van der Waals surface area contributed by atoms with Gasteiger partial charge in [-0.3, -0.25) is 4.79 Å². The summed E-state index contributed by atoms with van der Waals surface area (Å²) in [5, 5.41) is 17.1. The van der Waals surface area contributed by atoms with E-state index in [4.69, 9.17) is 0 Å². The second kappa shape index (κ2) is 9.57. The van der Waals surface area contributed by atoms with Gasteiger partial charge in [0.25, 0.3) is 5.91 Å². The van der Waals surface area contributed by atoms with Crippen LogP contribution in [-0.2, 0) is 5.41 Å². The Hall–Kier alpha value is -4.47. The van der Waals surface area contributed by atoms with Crippen molar-refractivity contribution < 1.29 is 14.7 Å². The van der Waals surface area contributed by atoms with Crippen LogP contribution in [-0.4, -0.2) is 67.8 Å². The number of rotatable bonds is 6. The molecule has 0 saturated carbocycles. The molecule has 0 spiro atoms. The number of nitrogens with one attached hydrogen (secondary N) is 1. The molecule has 3 saturated heterocycles. The minimum absolute atomic E-state index is 0.0247. The Balaban J connectivity index is 1.08. The first-order chi connectivity index (χ1) is 19.8. The van der Waals surface area contributed by atoms with Gasteiger partial charge >= 0.3 is 5.97 Å². The van der Waals surface area contributed by atoms with Crippen LogP contribution in [0.15, 0.2) is 60.8 Å². The highest BCUT2D eigenvalue weighted by molar-refractivity contribution is 5.91. The van der Waals surface area contributed by atoms with Gasteiger partial charge in [-0.1, -0.05) is 43.3 Å². The van der Waals surface area contributed by atoms with Crippen LogP contribution >= 0.6 is 0 Å². The molecule has 4 atom stereocenters. The van der Waals surface area contributed by atoms with Crippen LogP contribution in [0.2, 0.25) is 0 Å². The summed E-state index contributed by atoms with van der Waals surface area (Å²) in [6, 6.07) is 18.0. The van der Waals surface area contributed by atoms with Crippen LogP contribution < -0.4 is 15.1 Å².